The van der Waals surface area contributed by atoms with Gasteiger partial charge in [-0.2, -0.15) is 0 Å². The van der Waals surface area contributed by atoms with E-state index in [9.17, 15) is 0 Å². The molecule has 5 heteroatoms. The second-order valence-electron chi connectivity index (χ2n) is 4.63. The fourth-order valence-corrected chi connectivity index (χ4v) is 2.28. The minimum absolute atomic E-state index is 0.552. The van der Waals surface area contributed by atoms with Crippen LogP contribution in [0.2, 0.25) is 0 Å². The highest BCUT2D eigenvalue weighted by atomic mass is 15.6. The Labute approximate surface area is 89.2 Å². The molecule has 0 amide bonds. The molecule has 1 aromatic rings. The Hall–Kier alpha value is -0.970. The van der Waals surface area contributed by atoms with Crippen LogP contribution >= 0.6 is 0 Å². The molecule has 0 bridgehead atoms. The van der Waals surface area contributed by atoms with Gasteiger partial charge in [0, 0.05) is 6.04 Å². The second kappa shape index (κ2) is 3.89. The topological polar surface area (TPSA) is 55.6 Å². The molecule has 0 saturated heterocycles. The third kappa shape index (κ3) is 2.02. The molecule has 0 atom stereocenters. The summed E-state index contributed by atoms with van der Waals surface area (Å²) in [4.78, 5) is 0. The fraction of sp³-hybridized carbons (Fsp3) is 0.900. The summed E-state index contributed by atoms with van der Waals surface area (Å²) < 4.78 is 2.03. The Morgan fingerprint density at radius 3 is 2.73 bits per heavy atom. The Bertz CT molecular complexity index is 324. The van der Waals surface area contributed by atoms with Crippen LogP contribution < -0.4 is 5.32 Å². The van der Waals surface area contributed by atoms with E-state index < -0.39 is 0 Å². The van der Waals surface area contributed by atoms with Gasteiger partial charge in [-0.3, -0.25) is 0 Å². The standard InChI is InChI=1S/C10H17N5/c1-2-4-9(3-1)15-10(12-13-14-15)7-11-8-5-6-8/h8-9,11H,1-7H2. The molecule has 2 aliphatic rings. The maximum Gasteiger partial charge on any atom is 0.165 e. The summed E-state index contributed by atoms with van der Waals surface area (Å²) >= 11 is 0. The first-order valence-electron chi connectivity index (χ1n) is 5.93. The molecule has 2 saturated carbocycles. The van der Waals surface area contributed by atoms with Gasteiger partial charge in [0.2, 0.25) is 0 Å². The Kier molecular flexibility index (Phi) is 2.40. The molecule has 0 spiro atoms. The Morgan fingerprint density at radius 1 is 1.20 bits per heavy atom. The van der Waals surface area contributed by atoms with Crippen LogP contribution in [0.25, 0.3) is 0 Å². The average molecular weight is 207 g/mol. The van der Waals surface area contributed by atoms with Crippen LogP contribution in [0.5, 0.6) is 0 Å². The summed E-state index contributed by atoms with van der Waals surface area (Å²) in [7, 11) is 0. The van der Waals surface area contributed by atoms with Crippen LogP contribution in [0.4, 0.5) is 0 Å². The van der Waals surface area contributed by atoms with Crippen molar-refractivity contribution in [2.24, 2.45) is 0 Å². The van der Waals surface area contributed by atoms with Crippen molar-refractivity contribution in [1.82, 2.24) is 25.5 Å². The zero-order chi connectivity index (χ0) is 10.1. The lowest BCUT2D eigenvalue weighted by Crippen LogP contribution is -2.20. The number of aromatic nitrogens is 4. The lowest BCUT2D eigenvalue weighted by molar-refractivity contribution is 0.430. The zero-order valence-corrected chi connectivity index (χ0v) is 8.89. The number of tetrazole rings is 1. The summed E-state index contributed by atoms with van der Waals surface area (Å²) in [5.41, 5.74) is 0. The molecule has 15 heavy (non-hydrogen) atoms. The smallest absolute Gasteiger partial charge is 0.165 e. The van der Waals surface area contributed by atoms with Gasteiger partial charge in [0.15, 0.2) is 5.82 Å². The number of nitrogens with zero attached hydrogens (tertiary/aromatic N) is 4. The highest BCUT2D eigenvalue weighted by Gasteiger charge is 2.24. The SMILES string of the molecule is C1CCC(n2nnnc2CNC2CC2)C1. The molecule has 5 nitrogen and oxygen atoms in total. The van der Waals surface area contributed by atoms with Gasteiger partial charge >= 0.3 is 0 Å². The van der Waals surface area contributed by atoms with Gasteiger partial charge in [-0.25, -0.2) is 4.68 Å². The van der Waals surface area contributed by atoms with Gasteiger partial charge in [-0.05, 0) is 36.1 Å². The largest absolute Gasteiger partial charge is 0.307 e. The van der Waals surface area contributed by atoms with E-state index in [2.05, 4.69) is 20.8 Å². The van der Waals surface area contributed by atoms with Crippen molar-refractivity contribution < 1.29 is 0 Å². The van der Waals surface area contributed by atoms with E-state index in [0.29, 0.717) is 6.04 Å². The summed E-state index contributed by atoms with van der Waals surface area (Å²) in [6.45, 7) is 0.828. The van der Waals surface area contributed by atoms with Gasteiger partial charge in [0.25, 0.3) is 0 Å². The molecule has 3 rings (SSSR count). The minimum atomic E-state index is 0.552. The van der Waals surface area contributed by atoms with Crippen molar-refractivity contribution in [3.05, 3.63) is 5.82 Å². The molecular weight excluding hydrogens is 190 g/mol. The van der Waals surface area contributed by atoms with Crippen LogP contribution in [0.1, 0.15) is 50.4 Å². The van der Waals surface area contributed by atoms with E-state index in [1.165, 1.54) is 38.5 Å². The van der Waals surface area contributed by atoms with Gasteiger partial charge in [0.1, 0.15) is 0 Å². The second-order valence-corrected chi connectivity index (χ2v) is 4.63. The molecule has 0 aliphatic heterocycles. The fourth-order valence-electron chi connectivity index (χ4n) is 2.28. The molecule has 2 fully saturated rings. The number of nitrogens with one attached hydrogen (secondary N) is 1. The highest BCUT2D eigenvalue weighted by molar-refractivity contribution is 4.89. The summed E-state index contributed by atoms with van der Waals surface area (Å²) in [6.07, 6.45) is 7.74. The first-order valence-corrected chi connectivity index (χ1v) is 5.93. The number of rotatable bonds is 4. The zero-order valence-electron chi connectivity index (χ0n) is 8.89. The summed E-state index contributed by atoms with van der Waals surface area (Å²) in [5, 5.41) is 15.5. The summed E-state index contributed by atoms with van der Waals surface area (Å²) in [5.74, 6) is 1.01. The molecule has 1 N–H and O–H groups in total. The van der Waals surface area contributed by atoms with Gasteiger partial charge in [-0.15, -0.1) is 5.10 Å². The quantitative estimate of drug-likeness (QED) is 0.801. The minimum Gasteiger partial charge on any atom is -0.307 e. The van der Waals surface area contributed by atoms with Crippen molar-refractivity contribution in [1.29, 1.82) is 0 Å². The average Bonchev–Trinajstić information content (AvgIpc) is 2.79. The lowest BCUT2D eigenvalue weighted by atomic mass is 10.2. The molecule has 1 heterocycles. The molecule has 0 unspecified atom stereocenters. The molecule has 82 valence electrons. The van der Waals surface area contributed by atoms with E-state index in [1.807, 2.05) is 4.68 Å². The van der Waals surface area contributed by atoms with Crippen molar-refractivity contribution in [3.63, 3.8) is 0 Å². The predicted octanol–water partition coefficient (Wildman–Crippen LogP) is 1.04. The molecular formula is C10H17N5. The van der Waals surface area contributed by atoms with Crippen LogP contribution in [-0.2, 0) is 6.54 Å². The van der Waals surface area contributed by atoms with Gasteiger partial charge < -0.3 is 5.32 Å². The van der Waals surface area contributed by atoms with E-state index in [1.54, 1.807) is 0 Å². The van der Waals surface area contributed by atoms with E-state index in [4.69, 9.17) is 0 Å². The lowest BCUT2D eigenvalue weighted by Gasteiger charge is -2.11. The molecule has 1 aromatic heterocycles. The van der Waals surface area contributed by atoms with Crippen LogP contribution in [0, 0.1) is 0 Å². The number of hydrogen-bond donors (Lipinski definition) is 1. The first kappa shape index (κ1) is 9.27. The van der Waals surface area contributed by atoms with Crippen LogP contribution in [-0.4, -0.2) is 26.2 Å². The third-order valence-electron chi connectivity index (χ3n) is 3.36. The number of hydrogen-bond acceptors (Lipinski definition) is 4. The molecule has 0 aromatic carbocycles. The highest BCUT2D eigenvalue weighted by Crippen LogP contribution is 2.29. The predicted molar refractivity (Wildman–Crippen MR) is 55.2 cm³/mol. The van der Waals surface area contributed by atoms with Gasteiger partial charge in [-0.1, -0.05) is 12.8 Å². The maximum absolute atomic E-state index is 4.11. The summed E-state index contributed by atoms with van der Waals surface area (Å²) in [6, 6.07) is 1.27. The normalized spacial score (nSPS) is 22.4. The van der Waals surface area contributed by atoms with Crippen molar-refractivity contribution in [3.8, 4) is 0 Å². The first-order chi connectivity index (χ1) is 7.43. The van der Waals surface area contributed by atoms with Crippen molar-refractivity contribution >= 4 is 0 Å². The third-order valence-corrected chi connectivity index (χ3v) is 3.36. The van der Waals surface area contributed by atoms with E-state index >= 15 is 0 Å². The van der Waals surface area contributed by atoms with Crippen LogP contribution in [0.15, 0.2) is 0 Å². The van der Waals surface area contributed by atoms with Crippen molar-refractivity contribution in [2.75, 3.05) is 0 Å². The van der Waals surface area contributed by atoms with Gasteiger partial charge in [0.05, 0.1) is 12.6 Å². The molecule has 2 aliphatic carbocycles. The van der Waals surface area contributed by atoms with E-state index in [-0.39, 0.29) is 0 Å². The Balaban J connectivity index is 1.67. The maximum atomic E-state index is 4.11. The van der Waals surface area contributed by atoms with E-state index in [0.717, 1.165) is 18.4 Å². The Morgan fingerprint density at radius 2 is 2.00 bits per heavy atom. The molecule has 0 radical (unpaired) electrons. The monoisotopic (exact) mass is 207 g/mol. The van der Waals surface area contributed by atoms with Crippen molar-refractivity contribution in [2.45, 2.75) is 57.2 Å². The van der Waals surface area contributed by atoms with Crippen LogP contribution in [0.3, 0.4) is 0 Å².